The highest BCUT2D eigenvalue weighted by molar-refractivity contribution is 6.69. The van der Waals surface area contributed by atoms with Gasteiger partial charge in [-0.3, -0.25) is 0 Å². The van der Waals surface area contributed by atoms with Gasteiger partial charge in [0.2, 0.25) is 0 Å². The number of hydrogen-bond donors (Lipinski definition) is 0. The van der Waals surface area contributed by atoms with E-state index >= 15 is 0 Å². The minimum Gasteiger partial charge on any atom is -0.413 e. The molecular formula is C12H26O3Si. The van der Waals surface area contributed by atoms with Crippen LogP contribution in [0.15, 0.2) is 0 Å². The lowest BCUT2D eigenvalue weighted by Gasteiger charge is -2.47. The van der Waals surface area contributed by atoms with E-state index in [0.717, 1.165) is 13.0 Å². The summed E-state index contributed by atoms with van der Waals surface area (Å²) in [6, 6.07) is 0. The van der Waals surface area contributed by atoms with E-state index in [1.807, 2.05) is 0 Å². The van der Waals surface area contributed by atoms with E-state index in [0.29, 0.717) is 6.61 Å². The zero-order valence-corrected chi connectivity index (χ0v) is 12.5. The van der Waals surface area contributed by atoms with Gasteiger partial charge in [0.1, 0.15) is 5.60 Å². The molecule has 0 radical (unpaired) electrons. The lowest BCUT2D eigenvalue weighted by molar-refractivity contribution is -0.260. The first-order chi connectivity index (χ1) is 7.29. The lowest BCUT2D eigenvalue weighted by atomic mass is 9.90. The Balaban J connectivity index is 2.33. The molecule has 96 valence electrons. The molecule has 16 heavy (non-hydrogen) atoms. The van der Waals surface area contributed by atoms with Crippen molar-refractivity contribution in [3.63, 3.8) is 0 Å². The standard InChI is InChI=1S/C12H26O3Si/c1-7-12(9-13-11(12)3)14-8-10(2)15-16(4,5)6/h10-11H,7-9H2,1-6H3. The maximum absolute atomic E-state index is 6.01. The SMILES string of the molecule is CCC1(OCC(C)O[Si](C)(C)C)COC1C. The predicted molar refractivity (Wildman–Crippen MR) is 68.3 cm³/mol. The van der Waals surface area contributed by atoms with Crippen LogP contribution in [-0.4, -0.2) is 39.3 Å². The van der Waals surface area contributed by atoms with Gasteiger partial charge in [-0.15, -0.1) is 0 Å². The Morgan fingerprint density at radius 1 is 1.44 bits per heavy atom. The van der Waals surface area contributed by atoms with Crippen molar-refractivity contribution >= 4 is 8.32 Å². The molecule has 3 atom stereocenters. The molecule has 1 aliphatic rings. The first-order valence-corrected chi connectivity index (χ1v) is 9.63. The van der Waals surface area contributed by atoms with E-state index in [-0.39, 0.29) is 17.8 Å². The van der Waals surface area contributed by atoms with Gasteiger partial charge in [-0.1, -0.05) is 6.92 Å². The second-order valence-electron chi connectivity index (χ2n) is 5.72. The fourth-order valence-corrected chi connectivity index (χ4v) is 3.28. The highest BCUT2D eigenvalue weighted by atomic mass is 28.4. The minimum atomic E-state index is -1.45. The molecule has 4 heteroatoms. The van der Waals surface area contributed by atoms with Crippen LogP contribution in [0.25, 0.3) is 0 Å². The van der Waals surface area contributed by atoms with Crippen LogP contribution in [0.4, 0.5) is 0 Å². The van der Waals surface area contributed by atoms with Crippen LogP contribution < -0.4 is 0 Å². The third-order valence-corrected chi connectivity index (χ3v) is 4.19. The average molecular weight is 246 g/mol. The summed E-state index contributed by atoms with van der Waals surface area (Å²) in [5.41, 5.74) is -0.0585. The highest BCUT2D eigenvalue weighted by Crippen LogP contribution is 2.32. The van der Waals surface area contributed by atoms with E-state index in [1.165, 1.54) is 0 Å². The van der Waals surface area contributed by atoms with E-state index < -0.39 is 8.32 Å². The van der Waals surface area contributed by atoms with E-state index in [4.69, 9.17) is 13.9 Å². The first kappa shape index (κ1) is 14.2. The Hall–Kier alpha value is 0.0969. The molecule has 0 saturated carbocycles. The van der Waals surface area contributed by atoms with Crippen molar-refractivity contribution in [1.82, 2.24) is 0 Å². The fraction of sp³-hybridized carbons (Fsp3) is 1.00. The molecule has 1 heterocycles. The van der Waals surface area contributed by atoms with Gasteiger partial charge in [-0.2, -0.15) is 0 Å². The van der Waals surface area contributed by atoms with Crippen LogP contribution in [-0.2, 0) is 13.9 Å². The van der Waals surface area contributed by atoms with Gasteiger partial charge >= 0.3 is 0 Å². The van der Waals surface area contributed by atoms with Crippen molar-refractivity contribution in [3.8, 4) is 0 Å². The summed E-state index contributed by atoms with van der Waals surface area (Å²) in [5, 5.41) is 0. The van der Waals surface area contributed by atoms with Crippen LogP contribution in [0.1, 0.15) is 27.2 Å². The van der Waals surface area contributed by atoms with Crippen LogP contribution in [0, 0.1) is 0 Å². The van der Waals surface area contributed by atoms with Crippen molar-refractivity contribution < 1.29 is 13.9 Å². The van der Waals surface area contributed by atoms with E-state index in [9.17, 15) is 0 Å². The quantitative estimate of drug-likeness (QED) is 0.675. The van der Waals surface area contributed by atoms with Crippen molar-refractivity contribution in [2.75, 3.05) is 13.2 Å². The molecule has 0 aromatic carbocycles. The molecule has 0 aromatic rings. The van der Waals surface area contributed by atoms with Gasteiger partial charge in [0.25, 0.3) is 0 Å². The fourth-order valence-electron chi connectivity index (χ4n) is 2.01. The molecule has 0 N–H and O–H groups in total. The van der Waals surface area contributed by atoms with Crippen LogP contribution in [0.3, 0.4) is 0 Å². The molecular weight excluding hydrogens is 220 g/mol. The monoisotopic (exact) mass is 246 g/mol. The highest BCUT2D eigenvalue weighted by Gasteiger charge is 2.45. The molecule has 0 aromatic heterocycles. The predicted octanol–water partition coefficient (Wildman–Crippen LogP) is 2.81. The first-order valence-electron chi connectivity index (χ1n) is 6.22. The normalized spacial score (nSPS) is 32.2. The molecule has 1 saturated heterocycles. The van der Waals surface area contributed by atoms with Gasteiger partial charge in [0, 0.05) is 0 Å². The molecule has 1 aliphatic heterocycles. The number of rotatable bonds is 6. The zero-order valence-electron chi connectivity index (χ0n) is 11.5. The molecule has 0 bridgehead atoms. The van der Waals surface area contributed by atoms with Crippen molar-refractivity contribution in [3.05, 3.63) is 0 Å². The minimum absolute atomic E-state index is 0.0585. The third-order valence-electron chi connectivity index (χ3n) is 3.08. The smallest absolute Gasteiger partial charge is 0.184 e. The largest absolute Gasteiger partial charge is 0.413 e. The summed E-state index contributed by atoms with van der Waals surface area (Å²) in [5.74, 6) is 0. The van der Waals surface area contributed by atoms with Gasteiger partial charge in [-0.05, 0) is 39.9 Å². The van der Waals surface area contributed by atoms with Gasteiger partial charge < -0.3 is 13.9 Å². The van der Waals surface area contributed by atoms with Crippen LogP contribution in [0.5, 0.6) is 0 Å². The Kier molecular flexibility index (Phi) is 4.57. The summed E-state index contributed by atoms with van der Waals surface area (Å²) in [4.78, 5) is 0. The molecule has 0 aliphatic carbocycles. The van der Waals surface area contributed by atoms with Crippen molar-refractivity contribution in [2.45, 2.75) is 64.6 Å². The molecule has 1 rings (SSSR count). The third kappa shape index (κ3) is 3.55. The maximum Gasteiger partial charge on any atom is 0.184 e. The summed E-state index contributed by atoms with van der Waals surface area (Å²) < 4.78 is 17.4. The second kappa shape index (κ2) is 5.17. The van der Waals surface area contributed by atoms with Crippen molar-refractivity contribution in [1.29, 1.82) is 0 Å². The summed E-state index contributed by atoms with van der Waals surface area (Å²) in [7, 11) is -1.45. The maximum atomic E-state index is 6.01. The molecule has 3 unspecified atom stereocenters. The average Bonchev–Trinajstić information content (AvgIpc) is 2.14. The van der Waals surface area contributed by atoms with E-state index in [1.54, 1.807) is 0 Å². The molecule has 0 spiro atoms. The Morgan fingerprint density at radius 2 is 2.06 bits per heavy atom. The summed E-state index contributed by atoms with van der Waals surface area (Å²) in [6.45, 7) is 14.3. The van der Waals surface area contributed by atoms with Gasteiger partial charge in [0.15, 0.2) is 8.32 Å². The summed E-state index contributed by atoms with van der Waals surface area (Å²) in [6.07, 6.45) is 1.41. The molecule has 0 amide bonds. The Morgan fingerprint density at radius 3 is 2.38 bits per heavy atom. The summed E-state index contributed by atoms with van der Waals surface area (Å²) >= 11 is 0. The second-order valence-corrected chi connectivity index (χ2v) is 10.2. The number of hydrogen-bond acceptors (Lipinski definition) is 3. The lowest BCUT2D eigenvalue weighted by Crippen LogP contribution is -2.59. The van der Waals surface area contributed by atoms with E-state index in [2.05, 4.69) is 40.4 Å². The van der Waals surface area contributed by atoms with Crippen molar-refractivity contribution in [2.24, 2.45) is 0 Å². The molecule has 3 nitrogen and oxygen atoms in total. The zero-order chi connectivity index (χ0) is 12.4. The number of ether oxygens (including phenoxy) is 2. The van der Waals surface area contributed by atoms with Gasteiger partial charge in [0.05, 0.1) is 25.4 Å². The molecule has 1 fully saturated rings. The Labute approximate surface area is 101 Å². The van der Waals surface area contributed by atoms with Crippen LogP contribution in [0.2, 0.25) is 19.6 Å². The van der Waals surface area contributed by atoms with Crippen LogP contribution >= 0.6 is 0 Å². The van der Waals surface area contributed by atoms with Gasteiger partial charge in [-0.25, -0.2) is 0 Å². The topological polar surface area (TPSA) is 27.7 Å². The Bertz CT molecular complexity index is 223.